The van der Waals surface area contributed by atoms with Crippen LogP contribution in [-0.4, -0.2) is 49.4 Å². The lowest BCUT2D eigenvalue weighted by molar-refractivity contribution is -0.121. The summed E-state index contributed by atoms with van der Waals surface area (Å²) in [5.41, 5.74) is 2.66. The van der Waals surface area contributed by atoms with Gasteiger partial charge in [-0.15, -0.1) is 11.3 Å². The highest BCUT2D eigenvalue weighted by molar-refractivity contribution is 7.10. The molecule has 25 heavy (non-hydrogen) atoms. The Morgan fingerprint density at radius 3 is 2.72 bits per heavy atom. The van der Waals surface area contributed by atoms with Gasteiger partial charge in [0.1, 0.15) is 0 Å². The van der Waals surface area contributed by atoms with Crippen molar-refractivity contribution >= 4 is 22.8 Å². The van der Waals surface area contributed by atoms with Gasteiger partial charge in [0, 0.05) is 56.3 Å². The monoisotopic (exact) mass is 355 g/mol. The van der Waals surface area contributed by atoms with Gasteiger partial charge in [-0.1, -0.05) is 18.2 Å². The number of nitrogens with one attached hydrogen (secondary N) is 1. The lowest BCUT2D eigenvalue weighted by Gasteiger charge is -2.36. The van der Waals surface area contributed by atoms with Crippen LogP contribution < -0.4 is 10.2 Å². The zero-order valence-electron chi connectivity index (χ0n) is 14.5. The zero-order valence-corrected chi connectivity index (χ0v) is 15.3. The van der Waals surface area contributed by atoms with Crippen LogP contribution in [0.25, 0.3) is 0 Å². The van der Waals surface area contributed by atoms with Gasteiger partial charge in [0.05, 0.1) is 6.04 Å². The molecule has 0 bridgehead atoms. The number of fused-ring (bicyclic) bond motifs is 1. The molecule has 1 unspecified atom stereocenters. The molecule has 0 saturated carbocycles. The molecule has 3 heterocycles. The molecule has 4 nitrogen and oxygen atoms in total. The van der Waals surface area contributed by atoms with Gasteiger partial charge in [-0.2, -0.15) is 0 Å². The molecule has 1 saturated heterocycles. The average Bonchev–Trinajstić information content (AvgIpc) is 3.15. The molecule has 1 aromatic carbocycles. The smallest absolute Gasteiger partial charge is 0.151 e. The van der Waals surface area contributed by atoms with Crippen molar-refractivity contribution < 1.29 is 4.79 Å². The number of para-hydroxylation sites is 1. The summed E-state index contributed by atoms with van der Waals surface area (Å²) in [6.45, 7) is 5.88. The molecule has 1 fully saturated rings. The van der Waals surface area contributed by atoms with Crippen molar-refractivity contribution in [3.63, 3.8) is 0 Å². The summed E-state index contributed by atoms with van der Waals surface area (Å²) in [5, 5.41) is 5.54. The second kappa shape index (κ2) is 7.68. The minimum absolute atomic E-state index is 0.00714. The number of carbonyl (C=O) groups is 1. The minimum Gasteiger partial charge on any atom is -0.369 e. The van der Waals surface area contributed by atoms with E-state index in [4.69, 9.17) is 0 Å². The van der Waals surface area contributed by atoms with Crippen LogP contribution in [0.5, 0.6) is 0 Å². The Balaban J connectivity index is 1.22. The van der Waals surface area contributed by atoms with E-state index in [9.17, 15) is 4.79 Å². The Kier molecular flexibility index (Phi) is 5.15. The molecule has 1 N–H and O–H groups in total. The number of carbonyl (C=O) groups excluding carboxylic acids is 1. The summed E-state index contributed by atoms with van der Waals surface area (Å²) in [7, 11) is 0. The summed E-state index contributed by atoms with van der Waals surface area (Å²) in [6, 6.07) is 12.8. The normalized spacial score (nSPS) is 21.1. The fourth-order valence-electron chi connectivity index (χ4n) is 3.75. The third kappa shape index (κ3) is 3.94. The number of nitrogens with zero attached hydrogens (tertiary/aromatic N) is 2. The highest BCUT2D eigenvalue weighted by Gasteiger charge is 2.25. The zero-order chi connectivity index (χ0) is 17.1. The van der Waals surface area contributed by atoms with Crippen molar-refractivity contribution in [1.29, 1.82) is 0 Å². The number of thiophene rings is 1. The van der Waals surface area contributed by atoms with E-state index in [2.05, 4.69) is 56.9 Å². The molecule has 0 radical (unpaired) electrons. The first-order chi connectivity index (χ1) is 12.3. The molecule has 2 aromatic rings. The number of Topliss-reactive ketones (excluding diaryl/α,β-unsaturated/α-hetero) is 1. The average molecular weight is 356 g/mol. The maximum absolute atomic E-state index is 12.6. The Labute approximate surface area is 153 Å². The molecular formula is C20H25N3OS. The van der Waals surface area contributed by atoms with Crippen LogP contribution in [0.15, 0.2) is 41.8 Å². The van der Waals surface area contributed by atoms with Crippen molar-refractivity contribution in [1.82, 2.24) is 10.2 Å². The molecule has 0 amide bonds. The molecular weight excluding hydrogens is 330 g/mol. The van der Waals surface area contributed by atoms with Crippen LogP contribution in [-0.2, 0) is 17.8 Å². The fourth-order valence-corrected chi connectivity index (χ4v) is 4.62. The topological polar surface area (TPSA) is 35.6 Å². The van der Waals surface area contributed by atoms with Gasteiger partial charge in [-0.05, 0) is 35.6 Å². The molecule has 2 aliphatic heterocycles. The maximum atomic E-state index is 12.6. The third-order valence-corrected chi connectivity index (χ3v) is 6.29. The first-order valence-corrected chi connectivity index (χ1v) is 10.0. The van der Waals surface area contributed by atoms with Gasteiger partial charge < -0.3 is 10.2 Å². The molecule has 4 rings (SSSR count). The third-order valence-electron chi connectivity index (χ3n) is 5.33. The first-order valence-electron chi connectivity index (χ1n) is 9.13. The van der Waals surface area contributed by atoms with Gasteiger partial charge in [0.25, 0.3) is 0 Å². The maximum Gasteiger partial charge on any atom is 0.151 e. The largest absolute Gasteiger partial charge is 0.369 e. The SMILES string of the molecule is O=C(CCN1CCN(c2ccccc2)CC1)C1Cc2ccsc2CN1. The van der Waals surface area contributed by atoms with E-state index in [0.29, 0.717) is 12.2 Å². The standard InChI is InChI=1S/C20H25N3OS/c24-19(18-14-16-7-13-25-20(16)15-21-18)6-8-22-9-11-23(12-10-22)17-4-2-1-3-5-17/h1-5,7,13,18,21H,6,8-12,14-15H2. The Morgan fingerprint density at radius 1 is 1.12 bits per heavy atom. The number of hydrogen-bond acceptors (Lipinski definition) is 5. The van der Waals surface area contributed by atoms with Crippen molar-refractivity contribution in [2.75, 3.05) is 37.6 Å². The van der Waals surface area contributed by atoms with Gasteiger partial charge in [0.2, 0.25) is 0 Å². The molecule has 1 atom stereocenters. The number of rotatable bonds is 5. The number of piperazine rings is 1. The fraction of sp³-hybridized carbons (Fsp3) is 0.450. The first kappa shape index (κ1) is 16.8. The van der Waals surface area contributed by atoms with E-state index in [0.717, 1.165) is 45.7 Å². The van der Waals surface area contributed by atoms with Crippen LogP contribution in [0.3, 0.4) is 0 Å². The predicted octanol–water partition coefficient (Wildman–Crippen LogP) is 2.54. The summed E-state index contributed by atoms with van der Waals surface area (Å²) in [4.78, 5) is 18.8. The number of ketones is 1. The van der Waals surface area contributed by atoms with Gasteiger partial charge in [0.15, 0.2) is 5.78 Å². The van der Waals surface area contributed by atoms with Crippen LogP contribution in [0.2, 0.25) is 0 Å². The van der Waals surface area contributed by atoms with E-state index in [1.165, 1.54) is 16.1 Å². The van der Waals surface area contributed by atoms with Crippen molar-refractivity contribution in [3.8, 4) is 0 Å². The van der Waals surface area contributed by atoms with Gasteiger partial charge in [-0.25, -0.2) is 0 Å². The van der Waals surface area contributed by atoms with E-state index >= 15 is 0 Å². The molecule has 5 heteroatoms. The molecule has 132 valence electrons. The molecule has 0 aliphatic carbocycles. The van der Waals surface area contributed by atoms with Crippen LogP contribution in [0.4, 0.5) is 5.69 Å². The lowest BCUT2D eigenvalue weighted by Crippen LogP contribution is -2.48. The van der Waals surface area contributed by atoms with E-state index in [1.807, 2.05) is 0 Å². The summed E-state index contributed by atoms with van der Waals surface area (Å²) in [6.07, 6.45) is 1.52. The quantitative estimate of drug-likeness (QED) is 0.894. The number of anilines is 1. The second-order valence-electron chi connectivity index (χ2n) is 6.89. The molecule has 0 spiro atoms. The Hall–Kier alpha value is -1.69. The summed E-state index contributed by atoms with van der Waals surface area (Å²) in [5.74, 6) is 0.363. The number of hydrogen-bond donors (Lipinski definition) is 1. The Bertz CT molecular complexity index is 707. The number of benzene rings is 1. The van der Waals surface area contributed by atoms with E-state index in [1.54, 1.807) is 11.3 Å². The second-order valence-corrected chi connectivity index (χ2v) is 7.89. The van der Waals surface area contributed by atoms with Crippen LogP contribution in [0.1, 0.15) is 16.9 Å². The minimum atomic E-state index is 0.00714. The summed E-state index contributed by atoms with van der Waals surface area (Å²) < 4.78 is 0. The molecule has 1 aromatic heterocycles. The van der Waals surface area contributed by atoms with Crippen molar-refractivity contribution in [2.24, 2.45) is 0 Å². The van der Waals surface area contributed by atoms with Crippen LogP contribution >= 0.6 is 11.3 Å². The van der Waals surface area contributed by atoms with E-state index < -0.39 is 0 Å². The van der Waals surface area contributed by atoms with Crippen molar-refractivity contribution in [3.05, 3.63) is 52.2 Å². The van der Waals surface area contributed by atoms with Gasteiger partial charge >= 0.3 is 0 Å². The molecule has 2 aliphatic rings. The summed E-state index contributed by atoms with van der Waals surface area (Å²) >= 11 is 1.79. The highest BCUT2D eigenvalue weighted by atomic mass is 32.1. The van der Waals surface area contributed by atoms with Crippen molar-refractivity contribution in [2.45, 2.75) is 25.4 Å². The van der Waals surface area contributed by atoms with Gasteiger partial charge in [-0.3, -0.25) is 9.69 Å². The highest BCUT2D eigenvalue weighted by Crippen LogP contribution is 2.23. The van der Waals surface area contributed by atoms with E-state index in [-0.39, 0.29) is 6.04 Å². The predicted molar refractivity (Wildman–Crippen MR) is 103 cm³/mol. The van der Waals surface area contributed by atoms with Crippen LogP contribution in [0, 0.1) is 0 Å². The Morgan fingerprint density at radius 2 is 1.92 bits per heavy atom. The lowest BCUT2D eigenvalue weighted by atomic mass is 9.97.